The summed E-state index contributed by atoms with van der Waals surface area (Å²) in [4.78, 5) is 7.03. The van der Waals surface area contributed by atoms with E-state index in [2.05, 4.69) is 61.7 Å². The van der Waals surface area contributed by atoms with Gasteiger partial charge in [-0.2, -0.15) is 5.10 Å². The molecule has 0 aliphatic carbocycles. The fourth-order valence-corrected chi connectivity index (χ4v) is 2.88. The van der Waals surface area contributed by atoms with Crippen molar-refractivity contribution in [1.29, 1.82) is 0 Å². The molecular weight excluding hydrogens is 312 g/mol. The van der Waals surface area contributed by atoms with Crippen LogP contribution < -0.4 is 10.6 Å². The molecule has 0 saturated heterocycles. The Morgan fingerprint density at radius 2 is 2.04 bits per heavy atom. The smallest absolute Gasteiger partial charge is 0.191 e. The Balaban J connectivity index is 2.66. The molecule has 0 aliphatic rings. The van der Waals surface area contributed by atoms with Gasteiger partial charge < -0.3 is 15.5 Å². The third kappa shape index (κ3) is 7.90. The summed E-state index contributed by atoms with van der Waals surface area (Å²) in [6.07, 6.45) is 9.03. The quantitative estimate of drug-likeness (QED) is 0.476. The zero-order valence-corrected chi connectivity index (χ0v) is 17.0. The van der Waals surface area contributed by atoms with E-state index < -0.39 is 0 Å². The standard InChI is InChI=1S/C19H38N6/c1-7-10-11-16(8-2)12-21-19(20-9-3)22-14-18(24(4)5)17-13-23-25(6)15-17/h13,15-16,18H,7-12,14H2,1-6H3,(H2,20,21,22). The normalized spacial score (nSPS) is 14.6. The summed E-state index contributed by atoms with van der Waals surface area (Å²) in [5.74, 6) is 1.59. The third-order valence-corrected chi connectivity index (χ3v) is 4.59. The van der Waals surface area contributed by atoms with Crippen molar-refractivity contribution in [3.8, 4) is 0 Å². The molecule has 0 bridgehead atoms. The zero-order chi connectivity index (χ0) is 18.7. The summed E-state index contributed by atoms with van der Waals surface area (Å²) in [6, 6.07) is 0.264. The topological polar surface area (TPSA) is 57.5 Å². The van der Waals surface area contributed by atoms with Crippen molar-refractivity contribution in [3.63, 3.8) is 0 Å². The van der Waals surface area contributed by atoms with Gasteiger partial charge in [-0.25, -0.2) is 0 Å². The number of rotatable bonds is 11. The molecule has 1 rings (SSSR count). The first kappa shape index (κ1) is 21.5. The Morgan fingerprint density at radius 1 is 1.28 bits per heavy atom. The lowest BCUT2D eigenvalue weighted by molar-refractivity contribution is 0.298. The molecule has 6 nitrogen and oxygen atoms in total. The van der Waals surface area contributed by atoms with Crippen molar-refractivity contribution in [2.45, 2.75) is 52.5 Å². The number of aliphatic imine (C=N–C) groups is 1. The highest BCUT2D eigenvalue weighted by Gasteiger charge is 2.16. The van der Waals surface area contributed by atoms with E-state index in [1.165, 1.54) is 31.2 Å². The predicted octanol–water partition coefficient (Wildman–Crippen LogP) is 2.79. The van der Waals surface area contributed by atoms with E-state index in [1.807, 2.05) is 17.9 Å². The minimum atomic E-state index is 0.264. The van der Waals surface area contributed by atoms with Gasteiger partial charge in [0, 0.05) is 38.4 Å². The maximum atomic E-state index is 4.82. The molecule has 0 fully saturated rings. The lowest BCUT2D eigenvalue weighted by atomic mass is 10.00. The Labute approximate surface area is 154 Å². The molecular formula is C19H38N6. The first-order chi connectivity index (χ1) is 12.0. The summed E-state index contributed by atoms with van der Waals surface area (Å²) in [7, 11) is 6.15. The monoisotopic (exact) mass is 350 g/mol. The van der Waals surface area contributed by atoms with Crippen LogP contribution >= 0.6 is 0 Å². The zero-order valence-electron chi connectivity index (χ0n) is 17.0. The Kier molecular flexibility index (Phi) is 10.2. The summed E-state index contributed by atoms with van der Waals surface area (Å²) in [5, 5.41) is 11.2. The number of likely N-dealkylation sites (N-methyl/N-ethyl adjacent to an activating group) is 1. The van der Waals surface area contributed by atoms with E-state index in [0.717, 1.165) is 25.6 Å². The number of aromatic nitrogens is 2. The van der Waals surface area contributed by atoms with Crippen molar-refractivity contribution in [1.82, 2.24) is 25.3 Å². The second-order valence-corrected chi connectivity index (χ2v) is 6.94. The summed E-state index contributed by atoms with van der Waals surface area (Å²) in [6.45, 7) is 9.19. The predicted molar refractivity (Wildman–Crippen MR) is 107 cm³/mol. The van der Waals surface area contributed by atoms with Crippen molar-refractivity contribution in [2.75, 3.05) is 33.7 Å². The van der Waals surface area contributed by atoms with Gasteiger partial charge >= 0.3 is 0 Å². The van der Waals surface area contributed by atoms with Crippen LogP contribution in [0.15, 0.2) is 17.4 Å². The largest absolute Gasteiger partial charge is 0.357 e. The number of aryl methyl sites for hydroxylation is 1. The number of hydrogen-bond donors (Lipinski definition) is 2. The highest BCUT2D eigenvalue weighted by Crippen LogP contribution is 2.16. The lowest BCUT2D eigenvalue weighted by Gasteiger charge is -2.25. The first-order valence-corrected chi connectivity index (χ1v) is 9.68. The van der Waals surface area contributed by atoms with Crippen LogP contribution in [0.3, 0.4) is 0 Å². The minimum Gasteiger partial charge on any atom is -0.357 e. The molecule has 0 amide bonds. The molecule has 1 heterocycles. The van der Waals surface area contributed by atoms with Gasteiger partial charge in [0.05, 0.1) is 12.2 Å². The van der Waals surface area contributed by atoms with Gasteiger partial charge in [0.1, 0.15) is 0 Å². The number of nitrogens with zero attached hydrogens (tertiary/aromatic N) is 4. The average Bonchev–Trinajstić information content (AvgIpc) is 3.00. The van der Waals surface area contributed by atoms with Crippen LogP contribution in [0.4, 0.5) is 0 Å². The highest BCUT2D eigenvalue weighted by molar-refractivity contribution is 5.79. The molecule has 1 aromatic heterocycles. The molecule has 0 radical (unpaired) electrons. The van der Waals surface area contributed by atoms with Crippen LogP contribution in [0.1, 0.15) is 58.1 Å². The van der Waals surface area contributed by atoms with E-state index in [-0.39, 0.29) is 6.04 Å². The van der Waals surface area contributed by atoms with Gasteiger partial charge in [-0.05, 0) is 33.4 Å². The highest BCUT2D eigenvalue weighted by atomic mass is 15.3. The molecule has 0 saturated carbocycles. The van der Waals surface area contributed by atoms with Crippen LogP contribution in [0.5, 0.6) is 0 Å². The van der Waals surface area contributed by atoms with E-state index in [4.69, 9.17) is 4.99 Å². The van der Waals surface area contributed by atoms with E-state index in [9.17, 15) is 0 Å². The number of hydrogen-bond acceptors (Lipinski definition) is 3. The van der Waals surface area contributed by atoms with Crippen LogP contribution in [0.2, 0.25) is 0 Å². The molecule has 0 spiro atoms. The van der Waals surface area contributed by atoms with E-state index in [0.29, 0.717) is 5.92 Å². The SMILES string of the molecule is CCCCC(CC)CN=C(NCC)NCC(c1cnn(C)c1)N(C)C. The van der Waals surface area contributed by atoms with Gasteiger partial charge in [-0.15, -0.1) is 0 Å². The fraction of sp³-hybridized carbons (Fsp3) is 0.789. The minimum absolute atomic E-state index is 0.264. The fourth-order valence-electron chi connectivity index (χ4n) is 2.88. The van der Waals surface area contributed by atoms with Crippen LogP contribution in [-0.4, -0.2) is 54.4 Å². The van der Waals surface area contributed by atoms with Crippen molar-refractivity contribution < 1.29 is 0 Å². The third-order valence-electron chi connectivity index (χ3n) is 4.59. The lowest BCUT2D eigenvalue weighted by Crippen LogP contribution is -2.42. The van der Waals surface area contributed by atoms with Crippen molar-refractivity contribution >= 4 is 5.96 Å². The molecule has 2 unspecified atom stereocenters. The average molecular weight is 351 g/mol. The summed E-state index contributed by atoms with van der Waals surface area (Å²) < 4.78 is 1.85. The van der Waals surface area contributed by atoms with Crippen LogP contribution in [-0.2, 0) is 7.05 Å². The number of guanidine groups is 1. The van der Waals surface area contributed by atoms with Crippen molar-refractivity contribution in [2.24, 2.45) is 18.0 Å². The van der Waals surface area contributed by atoms with Gasteiger partial charge in [0.15, 0.2) is 5.96 Å². The number of unbranched alkanes of at least 4 members (excludes halogenated alkanes) is 1. The summed E-state index contributed by atoms with van der Waals surface area (Å²) in [5.41, 5.74) is 1.21. The van der Waals surface area contributed by atoms with E-state index >= 15 is 0 Å². The molecule has 2 N–H and O–H groups in total. The first-order valence-electron chi connectivity index (χ1n) is 9.68. The van der Waals surface area contributed by atoms with Crippen molar-refractivity contribution in [3.05, 3.63) is 18.0 Å². The second-order valence-electron chi connectivity index (χ2n) is 6.94. The molecule has 2 atom stereocenters. The molecule has 1 aromatic rings. The van der Waals surface area contributed by atoms with Gasteiger partial charge in [0.25, 0.3) is 0 Å². The molecule has 0 aromatic carbocycles. The Hall–Kier alpha value is -1.56. The maximum absolute atomic E-state index is 4.82. The van der Waals surface area contributed by atoms with Crippen LogP contribution in [0, 0.1) is 5.92 Å². The second kappa shape index (κ2) is 11.9. The maximum Gasteiger partial charge on any atom is 0.191 e. The van der Waals surface area contributed by atoms with Gasteiger partial charge in [-0.3, -0.25) is 9.67 Å². The molecule has 144 valence electrons. The molecule has 25 heavy (non-hydrogen) atoms. The van der Waals surface area contributed by atoms with Gasteiger partial charge in [-0.1, -0.05) is 33.1 Å². The Bertz CT molecular complexity index is 494. The van der Waals surface area contributed by atoms with Crippen LogP contribution in [0.25, 0.3) is 0 Å². The summed E-state index contributed by atoms with van der Waals surface area (Å²) >= 11 is 0. The van der Waals surface area contributed by atoms with E-state index in [1.54, 1.807) is 0 Å². The number of nitrogens with one attached hydrogen (secondary N) is 2. The Morgan fingerprint density at radius 3 is 2.56 bits per heavy atom. The molecule has 6 heteroatoms. The molecule has 0 aliphatic heterocycles. The van der Waals surface area contributed by atoms with Gasteiger partial charge in [0.2, 0.25) is 0 Å².